The number of rotatable bonds is 7. The third-order valence-corrected chi connectivity index (χ3v) is 3.47. The van der Waals surface area contributed by atoms with Gasteiger partial charge in [0.1, 0.15) is 12.7 Å². The number of nitrogens with one attached hydrogen (secondary N) is 1. The number of aromatic nitrogens is 3. The summed E-state index contributed by atoms with van der Waals surface area (Å²) in [7, 11) is 0. The van der Waals surface area contributed by atoms with E-state index in [1.165, 1.54) is 6.33 Å². The lowest BCUT2D eigenvalue weighted by Crippen LogP contribution is -2.22. The molecule has 20 heavy (non-hydrogen) atoms. The molecule has 0 spiro atoms. The molecule has 0 aliphatic carbocycles. The molecular formula is C14H18N4OS. The third-order valence-electron chi connectivity index (χ3n) is 2.86. The van der Waals surface area contributed by atoms with Crippen LogP contribution in [0.15, 0.2) is 36.9 Å². The molecule has 0 radical (unpaired) electrons. The zero-order valence-electron chi connectivity index (χ0n) is 11.5. The Bertz CT molecular complexity index is 525. The maximum Gasteiger partial charge on any atom is 0.221 e. The van der Waals surface area contributed by atoms with Crippen molar-refractivity contribution in [3.63, 3.8) is 0 Å². The Morgan fingerprint density at radius 3 is 2.70 bits per heavy atom. The first kappa shape index (κ1) is 14.6. The molecule has 1 aromatic carbocycles. The predicted molar refractivity (Wildman–Crippen MR) is 80.4 cm³/mol. The van der Waals surface area contributed by atoms with Crippen LogP contribution in [-0.4, -0.2) is 32.7 Å². The van der Waals surface area contributed by atoms with Gasteiger partial charge >= 0.3 is 0 Å². The summed E-state index contributed by atoms with van der Waals surface area (Å²) in [6, 6.07) is 8.15. The van der Waals surface area contributed by atoms with Crippen LogP contribution in [0, 0.1) is 0 Å². The normalized spacial score (nSPS) is 10.4. The van der Waals surface area contributed by atoms with Crippen LogP contribution in [0.2, 0.25) is 0 Å². The highest BCUT2D eigenvalue weighted by Gasteiger charge is 2.01. The minimum absolute atomic E-state index is 0.103. The molecule has 1 amide bonds. The van der Waals surface area contributed by atoms with Crippen molar-refractivity contribution < 1.29 is 4.79 Å². The Morgan fingerprint density at radius 2 is 2.05 bits per heavy atom. The molecule has 0 aliphatic heterocycles. The van der Waals surface area contributed by atoms with Gasteiger partial charge in [-0.1, -0.05) is 24.3 Å². The number of carbonyl (C=O) groups is 1. The van der Waals surface area contributed by atoms with Crippen molar-refractivity contribution in [2.24, 2.45) is 0 Å². The summed E-state index contributed by atoms with van der Waals surface area (Å²) in [5.74, 6) is 0.967. The molecule has 1 aromatic heterocycles. The fourth-order valence-electron chi connectivity index (χ4n) is 1.75. The van der Waals surface area contributed by atoms with Crippen molar-refractivity contribution in [2.45, 2.75) is 19.5 Å². The van der Waals surface area contributed by atoms with Crippen molar-refractivity contribution in [2.75, 3.05) is 12.0 Å². The zero-order valence-corrected chi connectivity index (χ0v) is 12.3. The van der Waals surface area contributed by atoms with Crippen molar-refractivity contribution in [1.29, 1.82) is 0 Å². The summed E-state index contributed by atoms with van der Waals surface area (Å²) < 4.78 is 1.78. The minimum Gasteiger partial charge on any atom is -0.352 e. The van der Waals surface area contributed by atoms with E-state index < -0.39 is 0 Å². The Kier molecular flexibility index (Phi) is 5.61. The van der Waals surface area contributed by atoms with Gasteiger partial charge < -0.3 is 5.32 Å². The van der Waals surface area contributed by atoms with Crippen LogP contribution in [0.4, 0.5) is 0 Å². The highest BCUT2D eigenvalue weighted by Crippen LogP contribution is 2.06. The topological polar surface area (TPSA) is 59.8 Å². The third kappa shape index (κ3) is 4.70. The van der Waals surface area contributed by atoms with Gasteiger partial charge in [-0.05, 0) is 17.4 Å². The molecule has 6 heteroatoms. The molecule has 106 valence electrons. The fourth-order valence-corrected chi connectivity index (χ4v) is 2.14. The quantitative estimate of drug-likeness (QED) is 0.843. The maximum absolute atomic E-state index is 11.5. The van der Waals surface area contributed by atoms with Crippen LogP contribution < -0.4 is 5.32 Å². The molecule has 0 saturated heterocycles. The Hall–Kier alpha value is -1.82. The average Bonchev–Trinajstić information content (AvgIpc) is 2.97. The SMILES string of the molecule is CSCCC(=O)NCc1ccc(Cn2cncn2)cc1. The maximum atomic E-state index is 11.5. The second kappa shape index (κ2) is 7.69. The van der Waals surface area contributed by atoms with Gasteiger partial charge in [-0.3, -0.25) is 4.79 Å². The van der Waals surface area contributed by atoms with Crippen molar-refractivity contribution >= 4 is 17.7 Å². The molecule has 0 saturated carbocycles. The number of amides is 1. The Morgan fingerprint density at radius 1 is 1.30 bits per heavy atom. The average molecular weight is 290 g/mol. The van der Waals surface area contributed by atoms with E-state index >= 15 is 0 Å². The lowest BCUT2D eigenvalue weighted by Gasteiger charge is -2.06. The van der Waals surface area contributed by atoms with E-state index in [0.717, 1.165) is 16.9 Å². The number of hydrogen-bond donors (Lipinski definition) is 1. The first-order valence-corrected chi connectivity index (χ1v) is 7.83. The van der Waals surface area contributed by atoms with Gasteiger partial charge in [0.25, 0.3) is 0 Å². The molecule has 0 aliphatic rings. The van der Waals surface area contributed by atoms with Gasteiger partial charge in [-0.25, -0.2) is 9.67 Å². The van der Waals surface area contributed by atoms with E-state index in [9.17, 15) is 4.79 Å². The molecule has 0 fully saturated rings. The number of benzene rings is 1. The second-order valence-corrected chi connectivity index (χ2v) is 5.41. The molecule has 1 heterocycles. The molecule has 5 nitrogen and oxygen atoms in total. The zero-order chi connectivity index (χ0) is 14.2. The molecule has 1 N–H and O–H groups in total. The van der Waals surface area contributed by atoms with Crippen LogP contribution in [0.3, 0.4) is 0 Å². The van der Waals surface area contributed by atoms with Gasteiger partial charge in [0.05, 0.1) is 6.54 Å². The summed E-state index contributed by atoms with van der Waals surface area (Å²) in [6.45, 7) is 1.29. The van der Waals surface area contributed by atoms with E-state index in [1.54, 1.807) is 22.8 Å². The number of carbonyl (C=O) groups excluding carboxylic acids is 1. The van der Waals surface area contributed by atoms with Gasteiger partial charge in [-0.15, -0.1) is 0 Å². The van der Waals surface area contributed by atoms with Crippen LogP contribution in [0.25, 0.3) is 0 Å². The van der Waals surface area contributed by atoms with Crippen molar-refractivity contribution in [3.8, 4) is 0 Å². The van der Waals surface area contributed by atoms with Gasteiger partial charge in [0.2, 0.25) is 5.91 Å². The first-order valence-electron chi connectivity index (χ1n) is 6.44. The van der Waals surface area contributed by atoms with Gasteiger partial charge in [-0.2, -0.15) is 16.9 Å². The van der Waals surface area contributed by atoms with E-state index in [1.807, 2.05) is 30.5 Å². The van der Waals surface area contributed by atoms with E-state index in [2.05, 4.69) is 15.4 Å². The highest BCUT2D eigenvalue weighted by molar-refractivity contribution is 7.98. The second-order valence-electron chi connectivity index (χ2n) is 4.43. The summed E-state index contributed by atoms with van der Waals surface area (Å²) >= 11 is 1.68. The fraction of sp³-hybridized carbons (Fsp3) is 0.357. The van der Waals surface area contributed by atoms with Crippen LogP contribution in [0.5, 0.6) is 0 Å². The number of thioether (sulfide) groups is 1. The summed E-state index contributed by atoms with van der Waals surface area (Å²) in [4.78, 5) is 15.4. The largest absolute Gasteiger partial charge is 0.352 e. The number of nitrogens with zero attached hydrogens (tertiary/aromatic N) is 3. The van der Waals surface area contributed by atoms with Crippen molar-refractivity contribution in [3.05, 3.63) is 48.0 Å². The Labute approximate surface area is 122 Å². The van der Waals surface area contributed by atoms with E-state index in [-0.39, 0.29) is 5.91 Å². The first-order chi connectivity index (χ1) is 9.78. The van der Waals surface area contributed by atoms with Gasteiger partial charge in [0.15, 0.2) is 0 Å². The lowest BCUT2D eigenvalue weighted by atomic mass is 10.1. The molecule has 0 bridgehead atoms. The summed E-state index contributed by atoms with van der Waals surface area (Å²) in [5, 5.41) is 6.99. The summed E-state index contributed by atoms with van der Waals surface area (Å²) in [5.41, 5.74) is 2.26. The smallest absolute Gasteiger partial charge is 0.221 e. The van der Waals surface area contributed by atoms with Crippen molar-refractivity contribution in [1.82, 2.24) is 20.1 Å². The predicted octanol–water partition coefficient (Wildman–Crippen LogP) is 1.70. The highest BCUT2D eigenvalue weighted by atomic mass is 32.2. The molecule has 0 unspecified atom stereocenters. The molecular weight excluding hydrogens is 272 g/mol. The molecule has 0 atom stereocenters. The van der Waals surface area contributed by atoms with Crippen LogP contribution >= 0.6 is 11.8 Å². The van der Waals surface area contributed by atoms with Crippen LogP contribution in [0.1, 0.15) is 17.5 Å². The van der Waals surface area contributed by atoms with Crippen LogP contribution in [-0.2, 0) is 17.9 Å². The number of hydrogen-bond acceptors (Lipinski definition) is 4. The summed E-state index contributed by atoms with van der Waals surface area (Å²) in [6.07, 6.45) is 5.80. The van der Waals surface area contributed by atoms with E-state index in [0.29, 0.717) is 19.5 Å². The molecule has 2 rings (SSSR count). The monoisotopic (exact) mass is 290 g/mol. The van der Waals surface area contributed by atoms with E-state index in [4.69, 9.17) is 0 Å². The van der Waals surface area contributed by atoms with Gasteiger partial charge in [0, 0.05) is 18.7 Å². The lowest BCUT2D eigenvalue weighted by molar-refractivity contribution is -0.120. The Balaban J connectivity index is 1.81. The molecule has 2 aromatic rings. The standard InChI is InChI=1S/C14H18N4OS/c1-20-7-6-14(19)16-8-12-2-4-13(5-3-12)9-18-11-15-10-17-18/h2-5,10-11H,6-9H2,1H3,(H,16,19). The minimum atomic E-state index is 0.103.